The van der Waals surface area contributed by atoms with Crippen LogP contribution in [0.25, 0.3) is 21.7 Å². The number of fused-ring (bicyclic) bond motifs is 3. The maximum absolute atomic E-state index is 11.1. The zero-order valence-electron chi connectivity index (χ0n) is 9.64. The Bertz CT molecular complexity index is 755. The van der Waals surface area contributed by atoms with Crippen LogP contribution in [-0.4, -0.2) is 18.2 Å². The molecule has 0 saturated heterocycles. The number of benzene rings is 2. The van der Waals surface area contributed by atoms with Crippen molar-refractivity contribution in [2.45, 2.75) is 0 Å². The van der Waals surface area contributed by atoms with Crippen LogP contribution in [0, 0.1) is 0 Å². The molecule has 1 N–H and O–H groups in total. The first kappa shape index (κ1) is 10.7. The number of ether oxygens (including phenoxy) is 1. The molecule has 3 rings (SSSR count). The second-order valence-electron chi connectivity index (χ2n) is 3.93. The van der Waals surface area contributed by atoms with E-state index in [2.05, 4.69) is 0 Å². The lowest BCUT2D eigenvalue weighted by atomic mass is 10.1. The normalized spacial score (nSPS) is 10.9. The number of hydrogen-bond donors (Lipinski definition) is 1. The minimum Gasteiger partial charge on any atom is -0.492 e. The van der Waals surface area contributed by atoms with Crippen LogP contribution in [-0.2, 0) is 0 Å². The first-order valence-electron chi connectivity index (χ1n) is 5.44. The molecule has 1 heterocycles. The van der Waals surface area contributed by atoms with Crippen LogP contribution in [0.15, 0.2) is 40.8 Å². The average Bonchev–Trinajstić information content (AvgIpc) is 2.77. The van der Waals surface area contributed by atoms with Crippen molar-refractivity contribution in [3.05, 3.63) is 42.2 Å². The number of methoxy groups -OCH3 is 1. The molecule has 0 bridgehead atoms. The van der Waals surface area contributed by atoms with E-state index in [9.17, 15) is 4.79 Å². The third kappa shape index (κ3) is 1.35. The lowest BCUT2D eigenvalue weighted by Gasteiger charge is -1.98. The van der Waals surface area contributed by atoms with Gasteiger partial charge in [-0.25, -0.2) is 4.79 Å². The summed E-state index contributed by atoms with van der Waals surface area (Å²) in [5.41, 5.74) is 0.544. The minimum absolute atomic E-state index is 0.163. The van der Waals surface area contributed by atoms with Gasteiger partial charge in [-0.05, 0) is 11.5 Å². The third-order valence-corrected chi connectivity index (χ3v) is 2.93. The predicted octanol–water partition coefficient (Wildman–Crippen LogP) is 3.29. The minimum atomic E-state index is -1.13. The van der Waals surface area contributed by atoms with E-state index < -0.39 is 5.97 Å². The molecule has 0 aliphatic heterocycles. The van der Waals surface area contributed by atoms with Crippen LogP contribution in [0.2, 0.25) is 0 Å². The molecule has 0 atom stereocenters. The molecular weight excluding hydrogens is 232 g/mol. The number of carbonyl (C=O) groups is 1. The van der Waals surface area contributed by atoms with Gasteiger partial charge in [0.15, 0.2) is 5.75 Å². The maximum Gasteiger partial charge on any atom is 0.375 e. The number of hydrogen-bond acceptors (Lipinski definition) is 3. The first-order valence-corrected chi connectivity index (χ1v) is 5.44. The van der Waals surface area contributed by atoms with Crippen molar-refractivity contribution in [1.82, 2.24) is 0 Å². The van der Waals surface area contributed by atoms with Gasteiger partial charge in [-0.15, -0.1) is 0 Å². The lowest BCUT2D eigenvalue weighted by molar-refractivity contribution is 0.0660. The summed E-state index contributed by atoms with van der Waals surface area (Å²) in [6, 6.07) is 11.4. The van der Waals surface area contributed by atoms with Crippen molar-refractivity contribution >= 4 is 27.7 Å². The second-order valence-corrected chi connectivity index (χ2v) is 3.93. The van der Waals surface area contributed by atoms with E-state index in [1.807, 2.05) is 36.4 Å². The van der Waals surface area contributed by atoms with E-state index in [4.69, 9.17) is 14.3 Å². The predicted molar refractivity (Wildman–Crippen MR) is 67.2 cm³/mol. The first-order chi connectivity index (χ1) is 8.72. The lowest BCUT2D eigenvalue weighted by Crippen LogP contribution is -1.96. The molecule has 0 saturated carbocycles. The van der Waals surface area contributed by atoms with Crippen LogP contribution in [0.4, 0.5) is 0 Å². The average molecular weight is 242 g/mol. The topological polar surface area (TPSA) is 59.7 Å². The number of aromatic carboxylic acids is 1. The summed E-state index contributed by atoms with van der Waals surface area (Å²) in [5.74, 6) is -1.03. The second kappa shape index (κ2) is 3.77. The highest BCUT2D eigenvalue weighted by Gasteiger charge is 2.21. The standard InChI is InChI=1S/C14H10O4/c1-17-12-10-7-6-8-4-2-3-5-9(8)11(10)18-13(12)14(15)16/h2-7H,1H3,(H,15,16). The number of furan rings is 1. The van der Waals surface area contributed by atoms with Gasteiger partial charge in [0.25, 0.3) is 5.76 Å². The van der Waals surface area contributed by atoms with Gasteiger partial charge >= 0.3 is 5.97 Å². The van der Waals surface area contributed by atoms with E-state index in [1.165, 1.54) is 7.11 Å². The fraction of sp³-hybridized carbons (Fsp3) is 0.0714. The molecule has 0 amide bonds. The summed E-state index contributed by atoms with van der Waals surface area (Å²) in [6.07, 6.45) is 0. The van der Waals surface area contributed by atoms with Gasteiger partial charge in [0.05, 0.1) is 12.5 Å². The Morgan fingerprint density at radius 3 is 2.67 bits per heavy atom. The summed E-state index contributed by atoms with van der Waals surface area (Å²) in [6.45, 7) is 0. The SMILES string of the molecule is COc1c(C(=O)O)oc2c1ccc1ccccc12. The molecule has 90 valence electrons. The molecule has 2 aromatic carbocycles. The quantitative estimate of drug-likeness (QED) is 0.749. The van der Waals surface area contributed by atoms with Gasteiger partial charge in [0.2, 0.25) is 0 Å². The van der Waals surface area contributed by atoms with Crippen molar-refractivity contribution < 1.29 is 19.1 Å². The van der Waals surface area contributed by atoms with Crippen molar-refractivity contribution in [2.75, 3.05) is 7.11 Å². The van der Waals surface area contributed by atoms with Crippen molar-refractivity contribution in [2.24, 2.45) is 0 Å². The van der Waals surface area contributed by atoms with E-state index in [0.717, 1.165) is 10.8 Å². The highest BCUT2D eigenvalue weighted by molar-refractivity contribution is 6.09. The van der Waals surface area contributed by atoms with Gasteiger partial charge in [0, 0.05) is 5.39 Å². The molecule has 0 aliphatic carbocycles. The molecule has 0 fully saturated rings. The van der Waals surface area contributed by atoms with E-state index >= 15 is 0 Å². The van der Waals surface area contributed by atoms with Crippen molar-refractivity contribution in [3.63, 3.8) is 0 Å². The zero-order chi connectivity index (χ0) is 12.7. The molecular formula is C14H10O4. The van der Waals surface area contributed by atoms with E-state index in [-0.39, 0.29) is 11.5 Å². The maximum atomic E-state index is 11.1. The van der Waals surface area contributed by atoms with Crippen LogP contribution in [0.1, 0.15) is 10.6 Å². The fourth-order valence-corrected chi connectivity index (χ4v) is 2.15. The molecule has 0 spiro atoms. The Kier molecular flexibility index (Phi) is 2.23. The van der Waals surface area contributed by atoms with Gasteiger partial charge < -0.3 is 14.3 Å². The van der Waals surface area contributed by atoms with E-state index in [0.29, 0.717) is 11.0 Å². The number of carboxylic acid groups (broad SMARTS) is 1. The molecule has 1 aromatic heterocycles. The van der Waals surface area contributed by atoms with Gasteiger partial charge in [-0.1, -0.05) is 30.3 Å². The zero-order valence-corrected chi connectivity index (χ0v) is 9.64. The Hall–Kier alpha value is -2.49. The highest BCUT2D eigenvalue weighted by atomic mass is 16.5. The van der Waals surface area contributed by atoms with Crippen molar-refractivity contribution in [1.29, 1.82) is 0 Å². The van der Waals surface area contributed by atoms with Crippen molar-refractivity contribution in [3.8, 4) is 5.75 Å². The highest BCUT2D eigenvalue weighted by Crippen LogP contribution is 2.37. The molecule has 0 radical (unpaired) electrons. The Balaban J connectivity index is 2.49. The van der Waals surface area contributed by atoms with E-state index in [1.54, 1.807) is 0 Å². The fourth-order valence-electron chi connectivity index (χ4n) is 2.15. The Morgan fingerprint density at radius 2 is 1.94 bits per heavy atom. The molecule has 0 aliphatic rings. The third-order valence-electron chi connectivity index (χ3n) is 2.93. The van der Waals surface area contributed by atoms with Crippen LogP contribution in [0.3, 0.4) is 0 Å². The Morgan fingerprint density at radius 1 is 1.17 bits per heavy atom. The summed E-state index contributed by atoms with van der Waals surface area (Å²) in [5, 5.41) is 11.6. The summed E-state index contributed by atoms with van der Waals surface area (Å²) >= 11 is 0. The smallest absolute Gasteiger partial charge is 0.375 e. The number of rotatable bonds is 2. The molecule has 0 unspecified atom stereocenters. The summed E-state index contributed by atoms with van der Waals surface area (Å²) in [7, 11) is 1.44. The van der Waals surface area contributed by atoms with Gasteiger partial charge in [0.1, 0.15) is 5.58 Å². The molecule has 3 aromatic rings. The van der Waals surface area contributed by atoms with Gasteiger partial charge in [-0.3, -0.25) is 0 Å². The Labute approximate surface area is 102 Å². The monoisotopic (exact) mass is 242 g/mol. The molecule has 4 heteroatoms. The molecule has 4 nitrogen and oxygen atoms in total. The van der Waals surface area contributed by atoms with Crippen LogP contribution < -0.4 is 4.74 Å². The summed E-state index contributed by atoms with van der Waals surface area (Å²) in [4.78, 5) is 11.1. The van der Waals surface area contributed by atoms with Gasteiger partial charge in [-0.2, -0.15) is 0 Å². The number of carboxylic acids is 1. The largest absolute Gasteiger partial charge is 0.492 e. The van der Waals surface area contributed by atoms with Crippen LogP contribution >= 0.6 is 0 Å². The summed E-state index contributed by atoms with van der Waals surface area (Å²) < 4.78 is 10.6. The molecule has 18 heavy (non-hydrogen) atoms. The van der Waals surface area contributed by atoms with Crippen LogP contribution in [0.5, 0.6) is 5.75 Å².